The molecule has 26 heavy (non-hydrogen) atoms. The molecule has 7 heteroatoms. The summed E-state index contributed by atoms with van der Waals surface area (Å²) in [4.78, 5) is 29.4. The van der Waals surface area contributed by atoms with E-state index in [1.807, 2.05) is 0 Å². The van der Waals surface area contributed by atoms with Gasteiger partial charge >= 0.3 is 11.9 Å². The first-order valence-electron chi connectivity index (χ1n) is 8.17. The lowest BCUT2D eigenvalue weighted by Gasteiger charge is -2.21. The minimum absolute atomic E-state index is 0.0106. The summed E-state index contributed by atoms with van der Waals surface area (Å²) in [5.41, 5.74) is -0.901. The molecule has 6 nitrogen and oxygen atoms in total. The molecule has 0 amide bonds. The second kappa shape index (κ2) is 7.11. The number of benzene rings is 1. The average molecular weight is 379 g/mol. The number of esters is 2. The molecule has 0 aliphatic rings. The van der Waals surface area contributed by atoms with Gasteiger partial charge in [0.05, 0.1) is 0 Å². The normalized spacial score (nSPS) is 12.0. The largest absolute Gasteiger partial charge is 0.455 e. The van der Waals surface area contributed by atoms with E-state index in [4.69, 9.17) is 21.1 Å². The van der Waals surface area contributed by atoms with Crippen molar-refractivity contribution in [2.24, 2.45) is 0 Å². The predicted molar refractivity (Wildman–Crippen MR) is 98.9 cm³/mol. The van der Waals surface area contributed by atoms with E-state index < -0.39 is 23.1 Å². The third-order valence-electron chi connectivity index (χ3n) is 3.06. The number of carbonyl (C=O) groups excluding carboxylic acids is 2. The summed E-state index contributed by atoms with van der Waals surface area (Å²) < 4.78 is 12.3. The first-order valence-corrected chi connectivity index (χ1v) is 8.55. The van der Waals surface area contributed by atoms with Gasteiger partial charge in [-0.15, -0.1) is 0 Å². The Morgan fingerprint density at radius 2 is 1.42 bits per heavy atom. The van der Waals surface area contributed by atoms with Crippen LogP contribution in [0.3, 0.4) is 0 Å². The number of halogens is 1. The minimum Gasteiger partial charge on any atom is -0.455 e. The monoisotopic (exact) mass is 378 g/mol. The van der Waals surface area contributed by atoms with E-state index in [2.05, 4.69) is 4.98 Å². The molecule has 2 aromatic rings. The predicted octanol–water partition coefficient (Wildman–Crippen LogP) is 4.44. The number of hydrogen-bond acceptors (Lipinski definition) is 5. The number of imidazole rings is 1. The van der Waals surface area contributed by atoms with Gasteiger partial charge in [0, 0.05) is 10.7 Å². The van der Waals surface area contributed by atoms with E-state index >= 15 is 0 Å². The van der Waals surface area contributed by atoms with Gasteiger partial charge in [-0.05, 0) is 65.8 Å². The third-order valence-corrected chi connectivity index (χ3v) is 3.31. The SMILES string of the molecule is CC(C)(C)OC(=O)c1ncn(-c2ccc(Cl)cc2)c1C(=O)OC(C)(C)C. The Morgan fingerprint density at radius 1 is 0.923 bits per heavy atom. The van der Waals surface area contributed by atoms with Crippen LogP contribution in [0.15, 0.2) is 30.6 Å². The average Bonchev–Trinajstić information content (AvgIpc) is 2.89. The maximum atomic E-state index is 12.8. The number of aromatic nitrogens is 2. The molecule has 0 N–H and O–H groups in total. The molecule has 0 saturated heterocycles. The van der Waals surface area contributed by atoms with Gasteiger partial charge in [0.2, 0.25) is 0 Å². The van der Waals surface area contributed by atoms with E-state index in [0.717, 1.165) is 0 Å². The van der Waals surface area contributed by atoms with Crippen molar-refractivity contribution in [3.05, 3.63) is 47.0 Å². The van der Waals surface area contributed by atoms with Crippen molar-refractivity contribution in [3.8, 4) is 5.69 Å². The first-order chi connectivity index (χ1) is 11.9. The molecule has 0 unspecified atom stereocenters. The maximum absolute atomic E-state index is 12.8. The quantitative estimate of drug-likeness (QED) is 0.738. The lowest BCUT2D eigenvalue weighted by molar-refractivity contribution is 0.000944. The van der Waals surface area contributed by atoms with Gasteiger partial charge in [0.1, 0.15) is 17.5 Å². The smallest absolute Gasteiger partial charge is 0.360 e. The molecule has 0 aliphatic carbocycles. The second-order valence-corrected chi connectivity index (χ2v) is 8.23. The molecule has 0 atom stereocenters. The summed E-state index contributed by atoms with van der Waals surface area (Å²) in [5.74, 6) is -1.35. The fraction of sp³-hybridized carbons (Fsp3) is 0.421. The van der Waals surface area contributed by atoms with Crippen molar-refractivity contribution in [2.45, 2.75) is 52.7 Å². The second-order valence-electron chi connectivity index (χ2n) is 7.79. The summed E-state index contributed by atoms with van der Waals surface area (Å²) in [5, 5.41) is 0.556. The first kappa shape index (κ1) is 20.0. The Labute approximate surface area is 158 Å². The van der Waals surface area contributed by atoms with Crippen molar-refractivity contribution in [2.75, 3.05) is 0 Å². The zero-order chi connectivity index (χ0) is 19.7. The lowest BCUT2D eigenvalue weighted by Crippen LogP contribution is -2.29. The molecule has 140 valence electrons. The molecule has 2 rings (SSSR count). The molecule has 0 fully saturated rings. The lowest BCUT2D eigenvalue weighted by atomic mass is 10.2. The molecule has 0 aliphatic heterocycles. The van der Waals surface area contributed by atoms with Crippen LogP contribution in [0.1, 0.15) is 62.5 Å². The fourth-order valence-corrected chi connectivity index (χ4v) is 2.27. The van der Waals surface area contributed by atoms with Crippen molar-refractivity contribution in [1.29, 1.82) is 0 Å². The van der Waals surface area contributed by atoms with Crippen molar-refractivity contribution >= 4 is 23.5 Å². The number of rotatable bonds is 3. The van der Waals surface area contributed by atoms with Gasteiger partial charge in [-0.25, -0.2) is 14.6 Å². The Hall–Kier alpha value is -2.34. The zero-order valence-electron chi connectivity index (χ0n) is 15.8. The molecule has 1 aromatic heterocycles. The van der Waals surface area contributed by atoms with Crippen molar-refractivity contribution < 1.29 is 19.1 Å². The van der Waals surface area contributed by atoms with Gasteiger partial charge in [-0.1, -0.05) is 11.6 Å². The standard InChI is InChI=1S/C19H23ClN2O4/c1-18(2,3)25-16(23)14-15(17(24)26-19(4,5)6)22(11-21-14)13-9-7-12(20)8-10-13/h7-11H,1-6H3. The minimum atomic E-state index is -0.725. The topological polar surface area (TPSA) is 70.4 Å². The van der Waals surface area contributed by atoms with E-state index in [9.17, 15) is 9.59 Å². The van der Waals surface area contributed by atoms with Crippen LogP contribution >= 0.6 is 11.6 Å². The highest BCUT2D eigenvalue weighted by Crippen LogP contribution is 2.22. The number of nitrogens with zero attached hydrogens (tertiary/aromatic N) is 2. The van der Waals surface area contributed by atoms with Crippen LogP contribution in [0, 0.1) is 0 Å². The van der Waals surface area contributed by atoms with Gasteiger partial charge < -0.3 is 9.47 Å². The van der Waals surface area contributed by atoms with Gasteiger partial charge in [-0.3, -0.25) is 4.57 Å². The molecule has 1 aromatic carbocycles. The van der Waals surface area contributed by atoms with E-state index in [-0.39, 0.29) is 11.4 Å². The Kier molecular flexibility index (Phi) is 5.47. The number of carbonyl (C=O) groups is 2. The summed E-state index contributed by atoms with van der Waals surface area (Å²) in [7, 11) is 0. The molecule has 0 spiro atoms. The Bertz CT molecular complexity index is 812. The molecule has 0 saturated carbocycles. The summed E-state index contributed by atoms with van der Waals surface area (Å²) >= 11 is 5.93. The highest BCUT2D eigenvalue weighted by Gasteiger charge is 2.31. The van der Waals surface area contributed by atoms with E-state index in [0.29, 0.717) is 10.7 Å². The van der Waals surface area contributed by atoms with E-state index in [1.165, 1.54) is 10.9 Å². The number of ether oxygens (including phenoxy) is 2. The van der Waals surface area contributed by atoms with Crippen LogP contribution in [-0.2, 0) is 9.47 Å². The number of hydrogen-bond donors (Lipinski definition) is 0. The van der Waals surface area contributed by atoms with Gasteiger partial charge in [0.25, 0.3) is 0 Å². The van der Waals surface area contributed by atoms with Crippen LogP contribution in [0.4, 0.5) is 0 Å². The van der Waals surface area contributed by atoms with Gasteiger partial charge in [-0.2, -0.15) is 0 Å². The van der Waals surface area contributed by atoms with Crippen molar-refractivity contribution in [1.82, 2.24) is 9.55 Å². The van der Waals surface area contributed by atoms with Crippen LogP contribution in [-0.4, -0.2) is 32.7 Å². The molecule has 0 radical (unpaired) electrons. The van der Waals surface area contributed by atoms with Crippen LogP contribution in [0.5, 0.6) is 0 Å². The molecular weight excluding hydrogens is 356 g/mol. The molecule has 1 heterocycles. The third kappa shape index (κ3) is 5.08. The van der Waals surface area contributed by atoms with E-state index in [1.54, 1.807) is 65.8 Å². The molecular formula is C19H23ClN2O4. The Morgan fingerprint density at radius 3 is 1.92 bits per heavy atom. The van der Waals surface area contributed by atoms with Crippen LogP contribution in [0.2, 0.25) is 5.02 Å². The van der Waals surface area contributed by atoms with Gasteiger partial charge in [0.15, 0.2) is 11.4 Å². The highest BCUT2D eigenvalue weighted by molar-refractivity contribution is 6.30. The summed E-state index contributed by atoms with van der Waals surface area (Å²) in [6, 6.07) is 6.80. The fourth-order valence-electron chi connectivity index (χ4n) is 2.14. The van der Waals surface area contributed by atoms with Crippen LogP contribution < -0.4 is 0 Å². The maximum Gasteiger partial charge on any atom is 0.360 e. The zero-order valence-corrected chi connectivity index (χ0v) is 16.5. The summed E-state index contributed by atoms with van der Waals surface area (Å²) in [6.07, 6.45) is 1.39. The molecule has 0 bridgehead atoms. The van der Waals surface area contributed by atoms with Crippen molar-refractivity contribution in [3.63, 3.8) is 0 Å². The highest BCUT2D eigenvalue weighted by atomic mass is 35.5. The summed E-state index contributed by atoms with van der Waals surface area (Å²) in [6.45, 7) is 10.5. The Balaban J connectivity index is 2.54. The van der Waals surface area contributed by atoms with Crippen LogP contribution in [0.25, 0.3) is 5.69 Å².